The number of methoxy groups -OCH3 is 1. The Morgan fingerprint density at radius 2 is 0.818 bits per heavy atom. The van der Waals surface area contributed by atoms with Crippen LogP contribution in [-0.4, -0.2) is 38.2 Å². The van der Waals surface area contributed by atoms with Crippen LogP contribution in [0.4, 0.5) is 13.2 Å². The van der Waals surface area contributed by atoms with E-state index in [1.165, 1.54) is 107 Å². The zero-order valence-electron chi connectivity index (χ0n) is 52.7. The summed E-state index contributed by atoms with van der Waals surface area (Å²) in [6.45, 7) is 23.2. The normalized spacial score (nSPS) is 11.3. The summed E-state index contributed by atoms with van der Waals surface area (Å²) >= 11 is 0. The molecule has 0 bridgehead atoms. The van der Waals surface area contributed by atoms with Crippen LogP contribution >= 0.6 is 0 Å². The average molecular weight is 1170 g/mol. The molecule has 0 spiro atoms. The maximum Gasteiger partial charge on any atom is 0.393 e. The standard InChI is InChI=1S/C16H14F3N.C16H17NO.2C16H17N.C15H15N/c1-12-2-4-13(5-3-12)6-7-14-8-9-20-11-15(14)10-16(17,18)19;1-12-4-5-14(10-13(12)2)6-7-15-8-9-17-11-16(15)18-3;1-12-4-6-15(7-5-12)8-9-16-13(2)10-17-11-14(16)3;1-12-10-16(11-13(2)14(12)3)5-4-15-6-8-17-9-7-15;1-12-3-5-14(6-4-12)11-13(2)15-7-9-16-10-8-15/h2-9,11H,10H2,1H3;4-11H,1-3H3;2*4-11H,1-3H3;3-11H,1-2H3. The van der Waals surface area contributed by atoms with E-state index in [0.29, 0.717) is 5.56 Å². The predicted molar refractivity (Wildman–Crippen MR) is 366 cm³/mol. The number of pyridine rings is 5. The smallest absolute Gasteiger partial charge is 0.393 e. The summed E-state index contributed by atoms with van der Waals surface area (Å²) in [6.07, 6.45) is 30.5. The lowest BCUT2D eigenvalue weighted by Crippen LogP contribution is -2.12. The van der Waals surface area contributed by atoms with Crippen LogP contribution in [0.25, 0.3) is 60.3 Å². The van der Waals surface area contributed by atoms with Gasteiger partial charge < -0.3 is 4.74 Å². The van der Waals surface area contributed by atoms with Crippen LogP contribution in [0.2, 0.25) is 0 Å². The zero-order chi connectivity index (χ0) is 63.4. The number of benzene rings is 5. The van der Waals surface area contributed by atoms with Gasteiger partial charge in [-0.1, -0.05) is 175 Å². The molecule has 0 unspecified atom stereocenters. The average Bonchev–Trinajstić information content (AvgIpc) is 3.67. The van der Waals surface area contributed by atoms with Crippen molar-refractivity contribution in [2.24, 2.45) is 0 Å². The molecule has 0 N–H and O–H groups in total. The fourth-order valence-electron chi connectivity index (χ4n) is 8.86. The first-order chi connectivity index (χ1) is 42.2. The SMILES string of the molecule is CC(=Cc1ccc(C)cc1)c1ccncc1.COc1cnccc1C=Cc1ccc(C)c(C)c1.Cc1cc(C=Cc2ccncc2)cc(C)c1C.Cc1ccc(C=Cc2c(C)cncc2C)cc1.Cc1ccc(C=Cc2ccncc2CC(F)(F)F)cc1. The van der Waals surface area contributed by atoms with Gasteiger partial charge in [0, 0.05) is 61.3 Å². The van der Waals surface area contributed by atoms with Crippen molar-refractivity contribution < 1.29 is 17.9 Å². The minimum atomic E-state index is -4.23. The molecular weight excluding hydrogens is 1090 g/mol. The van der Waals surface area contributed by atoms with Gasteiger partial charge in [-0.25, -0.2) is 0 Å². The van der Waals surface area contributed by atoms with Gasteiger partial charge in [0.1, 0.15) is 5.75 Å². The van der Waals surface area contributed by atoms with Crippen molar-refractivity contribution in [3.63, 3.8) is 0 Å². The van der Waals surface area contributed by atoms with Crippen LogP contribution in [0.5, 0.6) is 5.75 Å². The van der Waals surface area contributed by atoms with Gasteiger partial charge >= 0.3 is 6.18 Å². The largest absolute Gasteiger partial charge is 0.495 e. The monoisotopic (exact) mass is 1170 g/mol. The van der Waals surface area contributed by atoms with Gasteiger partial charge in [-0.05, 0) is 213 Å². The summed E-state index contributed by atoms with van der Waals surface area (Å²) in [7, 11) is 1.66. The third kappa shape index (κ3) is 23.2. The van der Waals surface area contributed by atoms with Crippen molar-refractivity contribution in [1.82, 2.24) is 24.9 Å². The molecular formula is C79H80F3N5O. The number of rotatable bonds is 12. The fourth-order valence-corrected chi connectivity index (χ4v) is 8.86. The van der Waals surface area contributed by atoms with Crippen LogP contribution in [0, 0.1) is 69.2 Å². The van der Waals surface area contributed by atoms with Crippen LogP contribution in [-0.2, 0) is 6.42 Å². The van der Waals surface area contributed by atoms with Crippen LogP contribution in [0.15, 0.2) is 201 Å². The molecule has 9 heteroatoms. The van der Waals surface area contributed by atoms with E-state index in [4.69, 9.17) is 4.74 Å². The Bertz CT molecular complexity index is 3900. The van der Waals surface area contributed by atoms with E-state index < -0.39 is 12.6 Å². The molecule has 0 atom stereocenters. The van der Waals surface area contributed by atoms with E-state index in [-0.39, 0.29) is 5.56 Å². The summed E-state index contributed by atoms with van der Waals surface area (Å²) in [5, 5.41) is 0. The molecule has 6 nitrogen and oxygen atoms in total. The van der Waals surface area contributed by atoms with Crippen molar-refractivity contribution in [3.8, 4) is 5.75 Å². The van der Waals surface area contributed by atoms with E-state index in [1.54, 1.807) is 37.7 Å². The van der Waals surface area contributed by atoms with Crippen molar-refractivity contribution in [2.45, 2.75) is 88.8 Å². The highest BCUT2D eigenvalue weighted by Crippen LogP contribution is 2.25. The lowest BCUT2D eigenvalue weighted by atomic mass is 10.00. The number of hydrogen-bond donors (Lipinski definition) is 0. The van der Waals surface area contributed by atoms with Crippen LogP contribution in [0.1, 0.15) is 124 Å². The first-order valence-corrected chi connectivity index (χ1v) is 29.2. The first-order valence-electron chi connectivity index (χ1n) is 29.2. The zero-order valence-corrected chi connectivity index (χ0v) is 52.7. The van der Waals surface area contributed by atoms with Gasteiger partial charge in [-0.3, -0.25) is 24.9 Å². The molecule has 5 heterocycles. The molecule has 0 radical (unpaired) electrons. The van der Waals surface area contributed by atoms with E-state index in [2.05, 4.69) is 209 Å². The summed E-state index contributed by atoms with van der Waals surface area (Å²) in [4.78, 5) is 20.0. The van der Waals surface area contributed by atoms with Crippen molar-refractivity contribution in [2.75, 3.05) is 7.11 Å². The molecule has 10 rings (SSSR count). The van der Waals surface area contributed by atoms with Crippen LogP contribution in [0.3, 0.4) is 0 Å². The van der Waals surface area contributed by atoms with Gasteiger partial charge in [-0.2, -0.15) is 13.2 Å². The van der Waals surface area contributed by atoms with E-state index in [0.717, 1.165) is 22.4 Å². The second-order valence-corrected chi connectivity index (χ2v) is 21.7. The summed E-state index contributed by atoms with van der Waals surface area (Å²) in [5.74, 6) is 0.789. The Morgan fingerprint density at radius 3 is 1.36 bits per heavy atom. The lowest BCUT2D eigenvalue weighted by Gasteiger charge is -2.08. The molecule has 0 amide bonds. The predicted octanol–water partition coefficient (Wildman–Crippen LogP) is 20.8. The third-order valence-electron chi connectivity index (χ3n) is 14.5. The Morgan fingerprint density at radius 1 is 0.386 bits per heavy atom. The summed E-state index contributed by atoms with van der Waals surface area (Å²) in [5.41, 5.74) is 25.4. The molecule has 0 saturated heterocycles. The topological polar surface area (TPSA) is 73.7 Å². The molecule has 5 aromatic heterocycles. The molecule has 0 aliphatic carbocycles. The third-order valence-corrected chi connectivity index (χ3v) is 14.5. The Balaban J connectivity index is 0.000000176. The highest BCUT2D eigenvalue weighted by Gasteiger charge is 2.28. The van der Waals surface area contributed by atoms with Gasteiger partial charge in [0.2, 0.25) is 0 Å². The number of aryl methyl sites for hydroxylation is 9. The lowest BCUT2D eigenvalue weighted by molar-refractivity contribution is -0.127. The number of alkyl halides is 3. The highest BCUT2D eigenvalue weighted by atomic mass is 19.4. The number of hydrogen-bond acceptors (Lipinski definition) is 6. The Kier molecular flexibility index (Phi) is 26.2. The molecule has 88 heavy (non-hydrogen) atoms. The number of allylic oxidation sites excluding steroid dienone is 1. The van der Waals surface area contributed by atoms with Crippen molar-refractivity contribution in [3.05, 3.63) is 318 Å². The number of nitrogens with zero attached hydrogens (tertiary/aromatic N) is 5. The van der Waals surface area contributed by atoms with E-state index in [1.807, 2.05) is 105 Å². The van der Waals surface area contributed by atoms with E-state index in [9.17, 15) is 13.2 Å². The van der Waals surface area contributed by atoms with Gasteiger partial charge in [-0.15, -0.1) is 0 Å². The minimum absolute atomic E-state index is 0.184. The summed E-state index contributed by atoms with van der Waals surface area (Å²) in [6, 6.07) is 47.3. The highest BCUT2D eigenvalue weighted by molar-refractivity contribution is 5.80. The molecule has 0 saturated carbocycles. The van der Waals surface area contributed by atoms with Crippen molar-refractivity contribution in [1.29, 1.82) is 0 Å². The molecule has 0 fully saturated rings. The molecule has 0 aliphatic heterocycles. The second kappa shape index (κ2) is 34.3. The summed E-state index contributed by atoms with van der Waals surface area (Å²) < 4.78 is 42.7. The van der Waals surface area contributed by atoms with E-state index >= 15 is 0 Å². The Labute approximate surface area is 520 Å². The van der Waals surface area contributed by atoms with Gasteiger partial charge in [0.05, 0.1) is 19.7 Å². The maximum absolute atomic E-state index is 12.5. The maximum atomic E-state index is 12.5. The first kappa shape index (κ1) is 67.3. The number of ether oxygens (including phenoxy) is 1. The van der Waals surface area contributed by atoms with Crippen LogP contribution < -0.4 is 4.74 Å². The quantitative estimate of drug-likeness (QED) is 0.121. The van der Waals surface area contributed by atoms with Crippen molar-refractivity contribution >= 4 is 60.3 Å². The second-order valence-electron chi connectivity index (χ2n) is 21.7. The van der Waals surface area contributed by atoms with Gasteiger partial charge in [0.15, 0.2) is 0 Å². The van der Waals surface area contributed by atoms with Gasteiger partial charge in [0.25, 0.3) is 0 Å². The minimum Gasteiger partial charge on any atom is -0.495 e. The number of aromatic nitrogens is 5. The molecule has 5 aromatic carbocycles. The number of halogens is 3. The molecule has 10 aromatic rings. The molecule has 448 valence electrons. The fraction of sp³-hybridized carbons (Fsp3) is 0.177. The Hall–Kier alpha value is -9.86. The molecule has 0 aliphatic rings.